The zero-order valence-corrected chi connectivity index (χ0v) is 14.2. The predicted octanol–water partition coefficient (Wildman–Crippen LogP) is 3.10. The lowest BCUT2D eigenvalue weighted by atomic mass is 10.1. The molecule has 3 rings (SSSR count). The summed E-state index contributed by atoms with van der Waals surface area (Å²) in [6, 6.07) is 4.51. The minimum atomic E-state index is -4.52. The molecular formula is C16H10F3N5O5. The molecule has 1 N–H and O–H groups in total. The molecule has 0 fully saturated rings. The number of fused-ring (bicyclic) bond motifs is 1. The number of benzene rings is 1. The van der Waals surface area contributed by atoms with Crippen LogP contribution in [0.5, 0.6) is 0 Å². The molecule has 0 aliphatic carbocycles. The van der Waals surface area contributed by atoms with Gasteiger partial charge in [-0.05, 0) is 12.1 Å². The Kier molecular flexibility index (Phi) is 4.88. The van der Waals surface area contributed by atoms with Gasteiger partial charge in [0.15, 0.2) is 0 Å². The molecule has 13 heteroatoms. The number of hydrogen-bond donors (Lipinski definition) is 1. The first kappa shape index (κ1) is 19.7. The Morgan fingerprint density at radius 1 is 1.07 bits per heavy atom. The second-order valence-electron chi connectivity index (χ2n) is 5.85. The van der Waals surface area contributed by atoms with Crippen molar-refractivity contribution in [3.63, 3.8) is 0 Å². The first-order chi connectivity index (χ1) is 13.5. The molecule has 0 aliphatic rings. The van der Waals surface area contributed by atoms with Crippen molar-refractivity contribution in [2.75, 3.05) is 0 Å². The number of hydrogen-bond acceptors (Lipinski definition) is 6. The number of amides is 1. The third-order valence-electron chi connectivity index (χ3n) is 3.84. The van der Waals surface area contributed by atoms with Crippen molar-refractivity contribution in [3.8, 4) is 0 Å². The molecule has 0 aliphatic heterocycles. The van der Waals surface area contributed by atoms with Crippen molar-refractivity contribution < 1.29 is 27.8 Å². The van der Waals surface area contributed by atoms with Crippen LogP contribution in [0.1, 0.15) is 21.6 Å². The van der Waals surface area contributed by atoms with Crippen LogP contribution in [0.4, 0.5) is 24.5 Å². The van der Waals surface area contributed by atoms with Crippen LogP contribution in [-0.2, 0) is 12.7 Å². The lowest BCUT2D eigenvalue weighted by molar-refractivity contribution is -0.394. The highest BCUT2D eigenvalue weighted by molar-refractivity contribution is 5.95. The van der Waals surface area contributed by atoms with Gasteiger partial charge < -0.3 is 9.72 Å². The largest absolute Gasteiger partial charge is 0.417 e. The number of alkyl halides is 3. The van der Waals surface area contributed by atoms with Gasteiger partial charge in [0.05, 0.1) is 39.3 Å². The van der Waals surface area contributed by atoms with Gasteiger partial charge in [-0.25, -0.2) is 4.98 Å². The average molecular weight is 409 g/mol. The molecule has 0 saturated carbocycles. The summed E-state index contributed by atoms with van der Waals surface area (Å²) < 4.78 is 39.4. The van der Waals surface area contributed by atoms with Crippen molar-refractivity contribution in [1.29, 1.82) is 0 Å². The highest BCUT2D eigenvalue weighted by atomic mass is 19.4. The number of carbonyl (C=O) groups is 1. The van der Waals surface area contributed by atoms with Crippen LogP contribution < -0.4 is 5.32 Å². The highest BCUT2D eigenvalue weighted by Gasteiger charge is 2.30. The van der Waals surface area contributed by atoms with Crippen molar-refractivity contribution >= 4 is 22.9 Å². The van der Waals surface area contributed by atoms with Crippen LogP contribution in [0.3, 0.4) is 0 Å². The van der Waals surface area contributed by atoms with Crippen LogP contribution in [0.25, 0.3) is 5.65 Å². The van der Waals surface area contributed by atoms with E-state index in [1.807, 2.05) is 0 Å². The molecule has 2 heterocycles. The third kappa shape index (κ3) is 4.28. The first-order valence-electron chi connectivity index (χ1n) is 7.81. The van der Waals surface area contributed by atoms with Gasteiger partial charge in [-0.3, -0.25) is 25.0 Å². The van der Waals surface area contributed by atoms with E-state index in [1.165, 1.54) is 6.20 Å². The molecule has 3 aromatic rings. The van der Waals surface area contributed by atoms with E-state index in [0.29, 0.717) is 0 Å². The number of nitrogens with one attached hydrogen (secondary N) is 1. The Labute approximate surface area is 158 Å². The molecule has 1 aromatic carbocycles. The molecule has 10 nitrogen and oxygen atoms in total. The Morgan fingerprint density at radius 3 is 2.24 bits per heavy atom. The second kappa shape index (κ2) is 7.18. The van der Waals surface area contributed by atoms with Gasteiger partial charge in [0.2, 0.25) is 0 Å². The Morgan fingerprint density at radius 2 is 1.69 bits per heavy atom. The van der Waals surface area contributed by atoms with Crippen LogP contribution >= 0.6 is 0 Å². The second-order valence-corrected chi connectivity index (χ2v) is 5.85. The number of aromatic nitrogens is 2. The minimum Gasteiger partial charge on any atom is -0.346 e. The van der Waals surface area contributed by atoms with Crippen molar-refractivity contribution in [2.45, 2.75) is 12.7 Å². The van der Waals surface area contributed by atoms with E-state index in [-0.39, 0.29) is 23.4 Å². The zero-order chi connectivity index (χ0) is 21.3. The third-order valence-corrected chi connectivity index (χ3v) is 3.84. The smallest absolute Gasteiger partial charge is 0.346 e. The summed E-state index contributed by atoms with van der Waals surface area (Å²) >= 11 is 0. The fourth-order valence-corrected chi connectivity index (χ4v) is 2.51. The molecule has 0 saturated heterocycles. The van der Waals surface area contributed by atoms with Gasteiger partial charge in [0.25, 0.3) is 17.3 Å². The minimum absolute atomic E-state index is 0.210. The number of nitro groups is 2. The van der Waals surface area contributed by atoms with Gasteiger partial charge in [-0.1, -0.05) is 0 Å². The Balaban J connectivity index is 1.80. The molecule has 2 aromatic heterocycles. The quantitative estimate of drug-likeness (QED) is 0.509. The van der Waals surface area contributed by atoms with E-state index in [0.717, 1.165) is 40.9 Å². The number of carbonyl (C=O) groups excluding carboxylic acids is 1. The number of pyridine rings is 1. The molecule has 29 heavy (non-hydrogen) atoms. The summed E-state index contributed by atoms with van der Waals surface area (Å²) in [6.45, 7) is -0.210. The highest BCUT2D eigenvalue weighted by Crippen LogP contribution is 2.29. The van der Waals surface area contributed by atoms with Crippen LogP contribution in [0.15, 0.2) is 42.7 Å². The van der Waals surface area contributed by atoms with Crippen molar-refractivity contribution in [2.24, 2.45) is 0 Å². The lowest BCUT2D eigenvalue weighted by Crippen LogP contribution is -2.23. The maximum absolute atomic E-state index is 12.8. The number of imidazole rings is 1. The van der Waals surface area contributed by atoms with Gasteiger partial charge >= 0.3 is 6.18 Å². The zero-order valence-electron chi connectivity index (χ0n) is 14.2. The van der Waals surface area contributed by atoms with Gasteiger partial charge in [-0.15, -0.1) is 0 Å². The molecule has 1 amide bonds. The summed E-state index contributed by atoms with van der Waals surface area (Å²) in [5.41, 5.74) is -2.00. The number of nitrogens with zero attached hydrogens (tertiary/aromatic N) is 4. The fourth-order valence-electron chi connectivity index (χ4n) is 2.51. The monoisotopic (exact) mass is 409 g/mol. The topological polar surface area (TPSA) is 133 Å². The Bertz CT molecular complexity index is 1110. The van der Waals surface area contributed by atoms with Gasteiger partial charge in [-0.2, -0.15) is 13.2 Å². The van der Waals surface area contributed by atoms with Crippen LogP contribution in [-0.4, -0.2) is 25.1 Å². The van der Waals surface area contributed by atoms with Gasteiger partial charge in [0, 0.05) is 24.5 Å². The first-order valence-corrected chi connectivity index (χ1v) is 7.81. The summed E-state index contributed by atoms with van der Waals surface area (Å²) in [5, 5.41) is 24.1. The van der Waals surface area contributed by atoms with E-state index in [1.54, 1.807) is 0 Å². The van der Waals surface area contributed by atoms with E-state index < -0.39 is 38.9 Å². The SMILES string of the molecule is O=C(NCc1cn2cc(C(F)(F)F)ccc2n1)c1cc([N+](=O)[O-])cc([N+](=O)[O-])c1. The number of halogens is 3. The molecule has 150 valence electrons. The molecule has 0 bridgehead atoms. The molecule has 0 atom stereocenters. The van der Waals surface area contributed by atoms with Gasteiger partial charge in [0.1, 0.15) is 5.65 Å². The van der Waals surface area contributed by atoms with Crippen molar-refractivity contribution in [1.82, 2.24) is 14.7 Å². The maximum Gasteiger partial charge on any atom is 0.417 e. The van der Waals surface area contributed by atoms with E-state index in [9.17, 15) is 38.2 Å². The normalized spacial score (nSPS) is 11.4. The number of rotatable bonds is 5. The van der Waals surface area contributed by atoms with E-state index in [2.05, 4.69) is 10.3 Å². The van der Waals surface area contributed by atoms with Crippen LogP contribution in [0, 0.1) is 20.2 Å². The Hall–Kier alpha value is -4.03. The maximum atomic E-state index is 12.8. The summed E-state index contributed by atoms with van der Waals surface area (Å²) in [6.07, 6.45) is -2.40. The van der Waals surface area contributed by atoms with Crippen LogP contribution in [0.2, 0.25) is 0 Å². The molecule has 0 unspecified atom stereocenters. The van der Waals surface area contributed by atoms with Crippen molar-refractivity contribution in [3.05, 3.63) is 79.8 Å². The summed E-state index contributed by atoms with van der Waals surface area (Å²) in [5.74, 6) is -0.843. The van der Waals surface area contributed by atoms with E-state index in [4.69, 9.17) is 0 Å². The number of nitro benzene ring substituents is 2. The van der Waals surface area contributed by atoms with E-state index >= 15 is 0 Å². The summed E-state index contributed by atoms with van der Waals surface area (Å²) in [7, 11) is 0. The molecular weight excluding hydrogens is 399 g/mol. The predicted molar refractivity (Wildman–Crippen MR) is 91.1 cm³/mol. The average Bonchev–Trinajstić information content (AvgIpc) is 3.07. The fraction of sp³-hybridized carbons (Fsp3) is 0.125. The number of non-ortho nitro benzene ring substituents is 2. The molecule has 0 spiro atoms. The summed E-state index contributed by atoms with van der Waals surface area (Å²) in [4.78, 5) is 36.3. The molecule has 0 radical (unpaired) electrons. The standard InChI is InChI=1S/C16H10F3N5O5/c17-16(18,19)10-1-2-14-21-11(8-22(14)7-10)6-20-15(25)9-3-12(23(26)27)5-13(4-9)24(28)29/h1-5,7-8H,6H2,(H,20,25). The lowest BCUT2D eigenvalue weighted by Gasteiger charge is -2.05.